The molecule has 1 aromatic carbocycles. The molecule has 1 atom stereocenters. The highest BCUT2D eigenvalue weighted by atomic mass is 127. The van der Waals surface area contributed by atoms with Crippen molar-refractivity contribution < 1.29 is 9.53 Å². The van der Waals surface area contributed by atoms with Gasteiger partial charge in [0.15, 0.2) is 5.78 Å². The number of ketones is 1. The molecule has 0 heterocycles. The van der Waals surface area contributed by atoms with Crippen LogP contribution in [0.4, 0.5) is 0 Å². The van der Waals surface area contributed by atoms with Crippen molar-refractivity contribution in [2.24, 2.45) is 0 Å². The molecule has 1 unspecified atom stereocenters. The van der Waals surface area contributed by atoms with Crippen LogP contribution in [0.1, 0.15) is 23.2 Å². The van der Waals surface area contributed by atoms with Crippen LogP contribution >= 0.6 is 45.2 Å². The lowest BCUT2D eigenvalue weighted by Crippen LogP contribution is -2.14. The molecular formula is C12H14I2O2. The summed E-state index contributed by atoms with van der Waals surface area (Å²) >= 11 is 4.57. The minimum Gasteiger partial charge on any atom is -0.497 e. The highest BCUT2D eigenvalue weighted by Crippen LogP contribution is 2.18. The summed E-state index contributed by atoms with van der Waals surface area (Å²) in [5.41, 5.74) is 0.772. The lowest BCUT2D eigenvalue weighted by molar-refractivity contribution is 0.0991. The first kappa shape index (κ1) is 14.2. The summed E-state index contributed by atoms with van der Waals surface area (Å²) in [6, 6.07) is 7.32. The number of benzene rings is 1. The maximum atomic E-state index is 12.0. The zero-order valence-electron chi connectivity index (χ0n) is 9.08. The van der Waals surface area contributed by atoms with Gasteiger partial charge in [0.1, 0.15) is 5.75 Å². The summed E-state index contributed by atoms with van der Waals surface area (Å²) in [5.74, 6) is 1.00. The van der Waals surface area contributed by atoms with Gasteiger partial charge in [0, 0.05) is 5.56 Å². The monoisotopic (exact) mass is 444 g/mol. The van der Waals surface area contributed by atoms with E-state index in [0.29, 0.717) is 0 Å². The average molecular weight is 444 g/mol. The predicted molar refractivity (Wildman–Crippen MR) is 83.3 cm³/mol. The molecule has 0 aliphatic rings. The Kier molecular flexibility index (Phi) is 6.64. The number of ether oxygens (including phenoxy) is 1. The Hall–Kier alpha value is 0.150. The predicted octanol–water partition coefficient (Wildman–Crippen LogP) is 3.90. The van der Waals surface area contributed by atoms with Gasteiger partial charge in [0.2, 0.25) is 0 Å². The fourth-order valence-electron chi connectivity index (χ4n) is 1.32. The Bertz CT molecular complexity index is 335. The van der Waals surface area contributed by atoms with Gasteiger partial charge in [-0.1, -0.05) is 45.2 Å². The van der Waals surface area contributed by atoms with E-state index in [0.717, 1.165) is 28.6 Å². The third kappa shape index (κ3) is 4.20. The van der Waals surface area contributed by atoms with E-state index in [2.05, 4.69) is 45.2 Å². The number of Topliss-reactive ketones (excluding diaryl/α,β-unsaturated/α-hetero) is 1. The summed E-state index contributed by atoms with van der Waals surface area (Å²) in [7, 11) is 1.62. The first-order chi connectivity index (χ1) is 7.69. The molecule has 0 aliphatic heterocycles. The molecule has 0 fully saturated rings. The average Bonchev–Trinajstić information content (AvgIpc) is 2.35. The van der Waals surface area contributed by atoms with Crippen molar-refractivity contribution in [2.45, 2.75) is 16.8 Å². The summed E-state index contributed by atoms with van der Waals surface area (Å²) in [6.45, 7) is 0. The maximum Gasteiger partial charge on any atom is 0.175 e. The molecule has 1 rings (SSSR count). The van der Waals surface area contributed by atoms with Gasteiger partial charge < -0.3 is 4.74 Å². The molecule has 2 nitrogen and oxygen atoms in total. The van der Waals surface area contributed by atoms with Gasteiger partial charge in [0.05, 0.1) is 11.0 Å². The smallest absolute Gasteiger partial charge is 0.175 e. The molecule has 0 aliphatic carbocycles. The van der Waals surface area contributed by atoms with Crippen LogP contribution in [0, 0.1) is 0 Å². The second-order valence-electron chi connectivity index (χ2n) is 3.39. The topological polar surface area (TPSA) is 26.3 Å². The van der Waals surface area contributed by atoms with Crippen LogP contribution in [0.2, 0.25) is 0 Å². The number of alkyl halides is 2. The molecule has 0 bridgehead atoms. The molecular weight excluding hydrogens is 430 g/mol. The fourth-order valence-corrected chi connectivity index (χ4v) is 2.56. The number of halogens is 2. The molecule has 0 saturated carbocycles. The highest BCUT2D eigenvalue weighted by Gasteiger charge is 2.15. The van der Waals surface area contributed by atoms with E-state index in [1.807, 2.05) is 24.3 Å². The maximum absolute atomic E-state index is 12.0. The third-order valence-electron chi connectivity index (χ3n) is 2.25. The fraction of sp³-hybridized carbons (Fsp3) is 0.417. The van der Waals surface area contributed by atoms with Gasteiger partial charge in [-0.15, -0.1) is 0 Å². The highest BCUT2D eigenvalue weighted by molar-refractivity contribution is 14.1. The van der Waals surface area contributed by atoms with Crippen molar-refractivity contribution in [3.05, 3.63) is 29.8 Å². The van der Waals surface area contributed by atoms with Gasteiger partial charge in [-0.2, -0.15) is 0 Å². The van der Waals surface area contributed by atoms with Crippen molar-refractivity contribution in [1.82, 2.24) is 0 Å². The molecule has 0 radical (unpaired) electrons. The molecule has 88 valence electrons. The zero-order chi connectivity index (χ0) is 12.0. The van der Waals surface area contributed by atoms with Crippen molar-refractivity contribution >= 4 is 51.0 Å². The lowest BCUT2D eigenvalue weighted by atomic mass is 10.1. The second-order valence-corrected chi connectivity index (χ2v) is 5.97. The molecule has 0 spiro atoms. The normalized spacial score (nSPS) is 12.2. The van der Waals surface area contributed by atoms with Crippen LogP contribution in [-0.2, 0) is 0 Å². The van der Waals surface area contributed by atoms with E-state index in [9.17, 15) is 4.79 Å². The van der Waals surface area contributed by atoms with Crippen molar-refractivity contribution in [2.75, 3.05) is 11.5 Å². The lowest BCUT2D eigenvalue weighted by Gasteiger charge is -2.08. The summed E-state index contributed by atoms with van der Waals surface area (Å²) in [5, 5.41) is 0. The van der Waals surface area contributed by atoms with Gasteiger partial charge in [-0.3, -0.25) is 4.79 Å². The Morgan fingerprint density at radius 2 is 2.00 bits per heavy atom. The minimum atomic E-state index is 0.0840. The van der Waals surface area contributed by atoms with E-state index in [1.165, 1.54) is 0 Å². The number of rotatable bonds is 6. The first-order valence-electron chi connectivity index (χ1n) is 5.07. The molecule has 0 aromatic heterocycles. The van der Waals surface area contributed by atoms with E-state index in [-0.39, 0.29) is 9.71 Å². The Morgan fingerprint density at radius 1 is 1.38 bits per heavy atom. The van der Waals surface area contributed by atoms with Gasteiger partial charge in [0.25, 0.3) is 0 Å². The third-order valence-corrected chi connectivity index (χ3v) is 4.20. The number of methoxy groups -OCH3 is 1. The van der Waals surface area contributed by atoms with Crippen LogP contribution in [0.15, 0.2) is 24.3 Å². The summed E-state index contributed by atoms with van der Waals surface area (Å²) in [4.78, 5) is 12.0. The minimum absolute atomic E-state index is 0.0840. The largest absolute Gasteiger partial charge is 0.497 e. The number of hydrogen-bond acceptors (Lipinski definition) is 2. The van der Waals surface area contributed by atoms with Gasteiger partial charge in [-0.25, -0.2) is 0 Å². The molecule has 1 aromatic rings. The first-order valence-corrected chi connectivity index (χ1v) is 7.84. The van der Waals surface area contributed by atoms with Crippen molar-refractivity contribution in [1.29, 1.82) is 0 Å². The Labute approximate surface area is 123 Å². The molecule has 16 heavy (non-hydrogen) atoms. The van der Waals surface area contributed by atoms with Crippen molar-refractivity contribution in [3.8, 4) is 5.75 Å². The summed E-state index contributed by atoms with van der Waals surface area (Å²) in [6.07, 6.45) is 2.05. The number of hydrogen-bond donors (Lipinski definition) is 0. The Morgan fingerprint density at radius 3 is 2.50 bits per heavy atom. The summed E-state index contributed by atoms with van der Waals surface area (Å²) < 4.78 is 6.25. The Balaban J connectivity index is 2.64. The van der Waals surface area contributed by atoms with Crippen LogP contribution < -0.4 is 4.74 Å². The van der Waals surface area contributed by atoms with Gasteiger partial charge >= 0.3 is 0 Å². The van der Waals surface area contributed by atoms with E-state index in [4.69, 9.17) is 4.74 Å². The SMILES string of the molecule is COc1ccc(C(=O)C(I)CCCI)cc1. The van der Waals surface area contributed by atoms with E-state index >= 15 is 0 Å². The molecule has 0 N–H and O–H groups in total. The zero-order valence-corrected chi connectivity index (χ0v) is 13.4. The van der Waals surface area contributed by atoms with Crippen LogP contribution in [-0.4, -0.2) is 21.2 Å². The van der Waals surface area contributed by atoms with Crippen LogP contribution in [0.3, 0.4) is 0 Å². The molecule has 0 amide bonds. The second kappa shape index (κ2) is 7.47. The van der Waals surface area contributed by atoms with Gasteiger partial charge in [-0.05, 0) is 41.5 Å². The van der Waals surface area contributed by atoms with Crippen LogP contribution in [0.5, 0.6) is 5.75 Å². The molecule has 4 heteroatoms. The van der Waals surface area contributed by atoms with Crippen molar-refractivity contribution in [3.63, 3.8) is 0 Å². The van der Waals surface area contributed by atoms with E-state index in [1.54, 1.807) is 7.11 Å². The van der Waals surface area contributed by atoms with E-state index < -0.39 is 0 Å². The van der Waals surface area contributed by atoms with Crippen LogP contribution in [0.25, 0.3) is 0 Å². The quantitative estimate of drug-likeness (QED) is 0.378. The molecule has 0 saturated heterocycles. The number of carbonyl (C=O) groups excluding carboxylic acids is 1. The number of carbonyl (C=O) groups is 1. The standard InChI is InChI=1S/C12H14I2O2/c1-16-10-6-4-9(5-7-10)12(15)11(14)3-2-8-13/h4-7,11H,2-3,8H2,1H3.